The molecule has 2 heterocycles. The maximum absolute atomic E-state index is 14.0. The highest BCUT2D eigenvalue weighted by Gasteiger charge is 2.58. The van der Waals surface area contributed by atoms with Crippen LogP contribution in [0.5, 0.6) is 11.5 Å². The molecule has 210 valence electrons. The van der Waals surface area contributed by atoms with Crippen LogP contribution >= 0.6 is 22.6 Å². The number of amides is 2. The van der Waals surface area contributed by atoms with Crippen molar-refractivity contribution in [3.63, 3.8) is 0 Å². The van der Waals surface area contributed by atoms with Crippen molar-refractivity contribution in [2.24, 2.45) is 17.8 Å². The van der Waals surface area contributed by atoms with E-state index in [2.05, 4.69) is 5.32 Å². The Morgan fingerprint density at radius 2 is 1.76 bits per heavy atom. The molecule has 3 aliphatic rings. The number of hydrogen-bond donors (Lipinski definition) is 4. The van der Waals surface area contributed by atoms with Crippen LogP contribution in [0.2, 0.25) is 0 Å². The Labute approximate surface area is 251 Å². The normalized spacial score (nSPS) is 23.9. The predicted octanol–water partition coefficient (Wildman–Crippen LogP) is 4.34. The molecule has 4 atom stereocenters. The lowest BCUT2D eigenvalue weighted by atomic mass is 9.55. The van der Waals surface area contributed by atoms with Crippen LogP contribution in [-0.4, -0.2) is 47.9 Å². The number of aromatic hydroxyl groups is 1. The van der Waals surface area contributed by atoms with Crippen molar-refractivity contribution in [3.05, 3.63) is 86.9 Å². The van der Waals surface area contributed by atoms with Gasteiger partial charge in [0.25, 0.3) is 0 Å². The first kappa shape index (κ1) is 27.8. The lowest BCUT2D eigenvalue weighted by Crippen LogP contribution is -2.45. The van der Waals surface area contributed by atoms with E-state index >= 15 is 0 Å². The lowest BCUT2D eigenvalue weighted by molar-refractivity contribution is -0.123. The van der Waals surface area contributed by atoms with E-state index in [1.54, 1.807) is 24.3 Å². The van der Waals surface area contributed by atoms with Crippen LogP contribution in [-0.2, 0) is 14.2 Å². The fourth-order valence-electron chi connectivity index (χ4n) is 6.34. The Morgan fingerprint density at radius 3 is 2.44 bits per heavy atom. The number of aliphatic hydroxyl groups is 1. The summed E-state index contributed by atoms with van der Waals surface area (Å²) < 4.78 is 11.8. The summed E-state index contributed by atoms with van der Waals surface area (Å²) in [5, 5.41) is 34.9. The molecule has 2 amide bonds. The molecule has 11 heteroatoms. The summed E-state index contributed by atoms with van der Waals surface area (Å²) >= 11 is 1.99. The van der Waals surface area contributed by atoms with Gasteiger partial charge >= 0.3 is 7.12 Å². The summed E-state index contributed by atoms with van der Waals surface area (Å²) in [5.74, 6) is -2.22. The van der Waals surface area contributed by atoms with Crippen LogP contribution in [0.1, 0.15) is 24.5 Å². The third-order valence-electron chi connectivity index (χ3n) is 8.23. The average molecular weight is 666 g/mol. The zero-order valence-electron chi connectivity index (χ0n) is 22.2. The number of phenolic OH excluding ortho intramolecular Hbond substituents is 1. The van der Waals surface area contributed by atoms with Gasteiger partial charge in [-0.15, -0.1) is 0 Å². The highest BCUT2D eigenvalue weighted by molar-refractivity contribution is 14.1. The van der Waals surface area contributed by atoms with Gasteiger partial charge in [-0.3, -0.25) is 14.5 Å². The minimum absolute atomic E-state index is 0.00582. The summed E-state index contributed by atoms with van der Waals surface area (Å²) in [6, 6.07) is 20.2. The van der Waals surface area contributed by atoms with Crippen LogP contribution in [0.4, 0.5) is 17.1 Å². The van der Waals surface area contributed by atoms with E-state index in [0.29, 0.717) is 32.3 Å². The SMILES string of the molecule is COc1cc([C@@H]2C[C@@H]3C(=C(CO)C[C@@H]4C(=O)N(c5ccc(Nc6ccccc6)cc5)C(=O)[C@@H]43)B(O)O2)cc(I)c1O. The zero-order chi connectivity index (χ0) is 28.8. The van der Waals surface area contributed by atoms with E-state index in [4.69, 9.17) is 9.39 Å². The molecule has 0 unspecified atom stereocenters. The fraction of sp³-hybridized carbons (Fsp3) is 0.267. The topological polar surface area (TPSA) is 129 Å². The Balaban J connectivity index is 1.30. The largest absolute Gasteiger partial charge is 0.504 e. The van der Waals surface area contributed by atoms with Crippen LogP contribution in [0, 0.1) is 21.3 Å². The number of anilines is 3. The molecule has 9 nitrogen and oxygen atoms in total. The molecular weight excluding hydrogens is 638 g/mol. The van der Waals surface area contributed by atoms with Crippen molar-refractivity contribution >= 4 is 58.6 Å². The third kappa shape index (κ3) is 4.90. The Morgan fingerprint density at radius 1 is 1.05 bits per heavy atom. The van der Waals surface area contributed by atoms with Gasteiger partial charge < -0.3 is 29.9 Å². The number of nitrogens with one attached hydrogen (secondary N) is 1. The molecule has 0 aromatic heterocycles. The van der Waals surface area contributed by atoms with E-state index in [-0.39, 0.29) is 36.3 Å². The molecule has 0 spiro atoms. The molecule has 0 radical (unpaired) electrons. The van der Waals surface area contributed by atoms with Gasteiger partial charge in [0.2, 0.25) is 11.8 Å². The number of ether oxygens (including phenoxy) is 1. The number of imide groups is 1. The Kier molecular flexibility index (Phi) is 7.53. The molecule has 0 saturated carbocycles. The zero-order valence-corrected chi connectivity index (χ0v) is 24.3. The van der Waals surface area contributed by atoms with Crippen LogP contribution < -0.4 is 15.0 Å². The molecule has 4 N–H and O–H groups in total. The van der Waals surface area contributed by atoms with Crippen LogP contribution in [0.25, 0.3) is 0 Å². The number of benzene rings is 3. The third-order valence-corrected chi connectivity index (χ3v) is 9.05. The number of nitrogens with zero attached hydrogens (tertiary/aromatic N) is 1. The number of methoxy groups -OCH3 is 1. The van der Waals surface area contributed by atoms with Crippen LogP contribution in [0.15, 0.2) is 77.8 Å². The first-order chi connectivity index (χ1) is 19.8. The molecule has 1 aliphatic carbocycles. The summed E-state index contributed by atoms with van der Waals surface area (Å²) in [7, 11) is 0.104. The van der Waals surface area contributed by atoms with Gasteiger partial charge in [0, 0.05) is 11.4 Å². The van der Waals surface area contributed by atoms with Gasteiger partial charge in [0.05, 0.1) is 40.9 Å². The second kappa shape index (κ2) is 11.1. The summed E-state index contributed by atoms with van der Waals surface area (Å²) in [4.78, 5) is 28.9. The fourth-order valence-corrected chi connectivity index (χ4v) is 6.97. The van der Waals surface area contributed by atoms with Crippen molar-refractivity contribution < 1.29 is 34.2 Å². The number of aliphatic hydroxyl groups excluding tert-OH is 1. The Hall–Kier alpha value is -3.39. The quantitative estimate of drug-likeness (QED) is 0.174. The smallest absolute Gasteiger partial charge is 0.487 e. The first-order valence-electron chi connectivity index (χ1n) is 13.3. The average Bonchev–Trinajstić information content (AvgIpc) is 3.24. The summed E-state index contributed by atoms with van der Waals surface area (Å²) in [6.07, 6.45) is -0.133. The number of carbonyl (C=O) groups is 2. The molecule has 2 aliphatic heterocycles. The molecule has 0 bridgehead atoms. The standard InChI is InChI=1S/C30H28BIN2O7/c1-40-25-13-16(12-23(32)28(25)36)24-14-21-26-22(11-17(15-35)27(21)31(39)41-24)29(37)34(30(26)38)20-9-7-19(8-10-20)33-18-5-3-2-4-6-18/h2-10,12-13,21-22,24,26,33,35-36,39H,11,14-15H2,1H3/t21-,22-,24-,26+/m0/s1. The molecular formula is C30H28BIN2O7. The molecule has 3 aromatic carbocycles. The molecule has 3 aromatic rings. The maximum atomic E-state index is 14.0. The van der Waals surface area contributed by atoms with Crippen molar-refractivity contribution in [1.29, 1.82) is 0 Å². The number of allylic oxidation sites excluding steroid dienone is 1. The Bertz CT molecular complexity index is 1530. The van der Waals surface area contributed by atoms with Gasteiger partial charge in [-0.05, 0) is 106 Å². The molecule has 2 fully saturated rings. The summed E-state index contributed by atoms with van der Waals surface area (Å²) in [5.41, 5.74) is 3.90. The number of carbonyl (C=O) groups excluding carboxylic acids is 2. The van der Waals surface area contributed by atoms with Crippen LogP contribution in [0.3, 0.4) is 0 Å². The van der Waals surface area contributed by atoms with E-state index in [0.717, 1.165) is 11.4 Å². The number of fused-ring (bicyclic) bond motifs is 3. The number of phenols is 1. The molecule has 41 heavy (non-hydrogen) atoms. The van der Waals surface area contributed by atoms with Gasteiger partial charge in [-0.1, -0.05) is 18.2 Å². The number of hydrogen-bond acceptors (Lipinski definition) is 8. The van der Waals surface area contributed by atoms with Gasteiger partial charge in [-0.2, -0.15) is 0 Å². The minimum Gasteiger partial charge on any atom is -0.504 e. The monoisotopic (exact) mass is 666 g/mol. The second-order valence-corrected chi connectivity index (χ2v) is 11.6. The van der Waals surface area contributed by atoms with E-state index in [1.807, 2.05) is 65.1 Å². The minimum atomic E-state index is -1.35. The van der Waals surface area contributed by atoms with Crippen molar-refractivity contribution in [1.82, 2.24) is 0 Å². The van der Waals surface area contributed by atoms with Crippen molar-refractivity contribution in [3.8, 4) is 11.5 Å². The predicted molar refractivity (Wildman–Crippen MR) is 162 cm³/mol. The van der Waals surface area contributed by atoms with Crippen molar-refractivity contribution in [2.45, 2.75) is 18.9 Å². The maximum Gasteiger partial charge on any atom is 0.487 e. The van der Waals surface area contributed by atoms with Gasteiger partial charge in [0.1, 0.15) is 0 Å². The van der Waals surface area contributed by atoms with E-state index in [9.17, 15) is 24.8 Å². The number of rotatable bonds is 6. The summed E-state index contributed by atoms with van der Waals surface area (Å²) in [6.45, 7) is -0.341. The van der Waals surface area contributed by atoms with Gasteiger partial charge in [0.15, 0.2) is 11.5 Å². The molecule has 6 rings (SSSR count). The molecule has 2 saturated heterocycles. The second-order valence-electron chi connectivity index (χ2n) is 10.5. The highest BCUT2D eigenvalue weighted by atomic mass is 127. The number of para-hydroxylation sites is 1. The van der Waals surface area contributed by atoms with E-state index < -0.39 is 31.0 Å². The highest BCUT2D eigenvalue weighted by Crippen LogP contribution is 2.52. The van der Waals surface area contributed by atoms with E-state index in [1.165, 1.54) is 12.0 Å². The number of halogens is 1. The first-order valence-corrected chi connectivity index (χ1v) is 14.4. The van der Waals surface area contributed by atoms with Crippen molar-refractivity contribution in [2.75, 3.05) is 23.9 Å². The lowest BCUT2D eigenvalue weighted by Gasteiger charge is -2.42. The van der Waals surface area contributed by atoms with Gasteiger partial charge in [-0.25, -0.2) is 0 Å².